The Hall–Kier alpha value is -3.53. The van der Waals surface area contributed by atoms with E-state index in [-0.39, 0.29) is 11.9 Å². The molecule has 0 bridgehead atoms. The van der Waals surface area contributed by atoms with Crippen LogP contribution >= 0.6 is 0 Å². The van der Waals surface area contributed by atoms with E-state index in [4.69, 9.17) is 5.26 Å². The SMILES string of the molecule is CCC(C)NC(=O)c1cc(NC(=O)Nc2ccc(C#N)cc2)ccc1N1CCCC1. The first-order valence-corrected chi connectivity index (χ1v) is 10.3. The summed E-state index contributed by atoms with van der Waals surface area (Å²) in [5.74, 6) is -0.137. The first-order valence-electron chi connectivity index (χ1n) is 10.3. The molecule has 0 aliphatic carbocycles. The van der Waals surface area contributed by atoms with E-state index in [1.54, 1.807) is 30.3 Å². The number of nitriles is 1. The Morgan fingerprint density at radius 3 is 2.33 bits per heavy atom. The zero-order valence-corrected chi connectivity index (χ0v) is 17.4. The van der Waals surface area contributed by atoms with Crippen molar-refractivity contribution < 1.29 is 9.59 Å². The summed E-state index contributed by atoms with van der Waals surface area (Å²) < 4.78 is 0. The Labute approximate surface area is 177 Å². The first kappa shape index (κ1) is 21.2. The summed E-state index contributed by atoms with van der Waals surface area (Å²) in [6, 6.07) is 13.7. The van der Waals surface area contributed by atoms with Crippen molar-refractivity contribution in [1.29, 1.82) is 5.26 Å². The van der Waals surface area contributed by atoms with Gasteiger partial charge in [0.1, 0.15) is 0 Å². The van der Waals surface area contributed by atoms with Crippen molar-refractivity contribution in [2.75, 3.05) is 28.6 Å². The Balaban J connectivity index is 1.77. The third-order valence-electron chi connectivity index (χ3n) is 5.21. The quantitative estimate of drug-likeness (QED) is 0.666. The average Bonchev–Trinajstić information content (AvgIpc) is 3.28. The highest BCUT2D eigenvalue weighted by Crippen LogP contribution is 2.28. The van der Waals surface area contributed by atoms with Gasteiger partial charge in [-0.15, -0.1) is 0 Å². The van der Waals surface area contributed by atoms with Gasteiger partial charge in [-0.2, -0.15) is 5.26 Å². The van der Waals surface area contributed by atoms with Gasteiger partial charge in [0.25, 0.3) is 5.91 Å². The van der Waals surface area contributed by atoms with Crippen molar-refractivity contribution in [1.82, 2.24) is 5.32 Å². The molecule has 156 valence electrons. The van der Waals surface area contributed by atoms with Crippen LogP contribution in [0.5, 0.6) is 0 Å². The monoisotopic (exact) mass is 405 g/mol. The lowest BCUT2D eigenvalue weighted by molar-refractivity contribution is 0.0939. The highest BCUT2D eigenvalue weighted by atomic mass is 16.2. The van der Waals surface area contributed by atoms with Crippen molar-refractivity contribution in [3.63, 3.8) is 0 Å². The largest absolute Gasteiger partial charge is 0.371 e. The van der Waals surface area contributed by atoms with Crippen molar-refractivity contribution >= 4 is 29.0 Å². The maximum absolute atomic E-state index is 12.9. The fourth-order valence-electron chi connectivity index (χ4n) is 3.35. The molecular weight excluding hydrogens is 378 g/mol. The van der Waals surface area contributed by atoms with E-state index in [0.29, 0.717) is 22.5 Å². The molecule has 3 rings (SSSR count). The number of rotatable bonds is 6. The van der Waals surface area contributed by atoms with Crippen LogP contribution < -0.4 is 20.9 Å². The predicted octanol–water partition coefficient (Wildman–Crippen LogP) is 4.33. The fourth-order valence-corrected chi connectivity index (χ4v) is 3.35. The van der Waals surface area contributed by atoms with Gasteiger partial charge in [-0.1, -0.05) is 6.92 Å². The predicted molar refractivity (Wildman–Crippen MR) is 119 cm³/mol. The van der Waals surface area contributed by atoms with E-state index >= 15 is 0 Å². The number of anilines is 3. The molecule has 3 N–H and O–H groups in total. The Bertz CT molecular complexity index is 943. The summed E-state index contributed by atoms with van der Waals surface area (Å²) in [6.45, 7) is 5.85. The van der Waals surface area contributed by atoms with Gasteiger partial charge < -0.3 is 20.9 Å². The van der Waals surface area contributed by atoms with Gasteiger partial charge in [0.15, 0.2) is 0 Å². The third kappa shape index (κ3) is 5.29. The summed E-state index contributed by atoms with van der Waals surface area (Å²) in [5, 5.41) is 17.4. The topological polar surface area (TPSA) is 97.3 Å². The molecule has 0 radical (unpaired) electrons. The molecule has 0 aromatic heterocycles. The third-order valence-corrected chi connectivity index (χ3v) is 5.21. The summed E-state index contributed by atoms with van der Waals surface area (Å²) in [6.07, 6.45) is 3.06. The molecule has 7 nitrogen and oxygen atoms in total. The lowest BCUT2D eigenvalue weighted by Crippen LogP contribution is -2.33. The number of nitrogens with zero attached hydrogens (tertiary/aromatic N) is 2. The van der Waals surface area contributed by atoms with Gasteiger partial charge in [-0.25, -0.2) is 4.79 Å². The van der Waals surface area contributed by atoms with Crippen molar-refractivity contribution in [2.24, 2.45) is 0 Å². The maximum Gasteiger partial charge on any atom is 0.323 e. The molecule has 1 atom stereocenters. The second kappa shape index (κ2) is 9.79. The van der Waals surface area contributed by atoms with Crippen LogP contribution in [-0.4, -0.2) is 31.1 Å². The molecule has 0 spiro atoms. The van der Waals surface area contributed by atoms with Gasteiger partial charge in [0.2, 0.25) is 0 Å². The lowest BCUT2D eigenvalue weighted by atomic mass is 10.1. The van der Waals surface area contributed by atoms with Crippen LogP contribution in [0.3, 0.4) is 0 Å². The molecule has 2 aromatic carbocycles. The number of carbonyl (C=O) groups is 2. The molecule has 3 amide bonds. The Morgan fingerprint density at radius 1 is 1.07 bits per heavy atom. The summed E-state index contributed by atoms with van der Waals surface area (Å²) >= 11 is 0. The molecule has 1 heterocycles. The van der Waals surface area contributed by atoms with Crippen LogP contribution in [0.4, 0.5) is 21.9 Å². The molecule has 1 unspecified atom stereocenters. The molecule has 0 saturated carbocycles. The summed E-state index contributed by atoms with van der Waals surface area (Å²) in [4.78, 5) is 27.5. The van der Waals surface area contributed by atoms with E-state index in [9.17, 15) is 9.59 Å². The highest BCUT2D eigenvalue weighted by molar-refractivity contribution is 6.04. The van der Waals surface area contributed by atoms with Crippen molar-refractivity contribution in [3.8, 4) is 6.07 Å². The molecule has 1 aliphatic rings. The smallest absolute Gasteiger partial charge is 0.323 e. The molecule has 7 heteroatoms. The molecule has 2 aromatic rings. The minimum atomic E-state index is -0.415. The number of urea groups is 1. The molecule has 1 fully saturated rings. The average molecular weight is 406 g/mol. The second-order valence-electron chi connectivity index (χ2n) is 7.48. The molecule has 1 aliphatic heterocycles. The summed E-state index contributed by atoms with van der Waals surface area (Å²) in [5.41, 5.74) is 3.10. The van der Waals surface area contributed by atoms with Crippen LogP contribution in [-0.2, 0) is 0 Å². The van der Waals surface area contributed by atoms with Crippen LogP contribution in [0.1, 0.15) is 49.0 Å². The molecular formula is C23H27N5O2. The minimum absolute atomic E-state index is 0.0697. The molecule has 1 saturated heterocycles. The van der Waals surface area contributed by atoms with E-state index in [2.05, 4.69) is 20.9 Å². The van der Waals surface area contributed by atoms with E-state index in [1.807, 2.05) is 32.0 Å². The number of hydrogen-bond acceptors (Lipinski definition) is 4. The van der Waals surface area contributed by atoms with Crippen LogP contribution in [0.25, 0.3) is 0 Å². The standard InChI is InChI=1S/C23H27N5O2/c1-3-16(2)25-22(29)20-14-19(10-11-21(20)28-12-4-5-13-28)27-23(30)26-18-8-6-17(15-24)7-9-18/h6-11,14,16H,3-5,12-13H2,1-2H3,(H,25,29)(H2,26,27,30). The van der Waals surface area contributed by atoms with Gasteiger partial charge in [-0.05, 0) is 68.7 Å². The van der Waals surface area contributed by atoms with Gasteiger partial charge in [0, 0.05) is 36.2 Å². The fraction of sp³-hybridized carbons (Fsp3) is 0.348. The highest BCUT2D eigenvalue weighted by Gasteiger charge is 2.21. The number of hydrogen-bond donors (Lipinski definition) is 3. The maximum atomic E-state index is 12.9. The second-order valence-corrected chi connectivity index (χ2v) is 7.48. The number of carbonyl (C=O) groups excluding carboxylic acids is 2. The van der Waals surface area contributed by atoms with E-state index in [0.717, 1.165) is 38.0 Å². The summed E-state index contributed by atoms with van der Waals surface area (Å²) in [7, 11) is 0. The van der Waals surface area contributed by atoms with E-state index in [1.165, 1.54) is 0 Å². The first-order chi connectivity index (χ1) is 14.5. The van der Waals surface area contributed by atoms with Gasteiger partial charge >= 0.3 is 6.03 Å². The van der Waals surface area contributed by atoms with Crippen LogP contribution in [0, 0.1) is 11.3 Å². The Kier molecular flexibility index (Phi) is 6.91. The van der Waals surface area contributed by atoms with Gasteiger partial charge in [0.05, 0.1) is 17.2 Å². The normalized spacial score (nSPS) is 14.0. The lowest BCUT2D eigenvalue weighted by Gasteiger charge is -2.23. The molecule has 30 heavy (non-hydrogen) atoms. The number of amides is 3. The van der Waals surface area contributed by atoms with Crippen molar-refractivity contribution in [3.05, 3.63) is 53.6 Å². The number of nitrogens with one attached hydrogen (secondary N) is 3. The van der Waals surface area contributed by atoms with Crippen molar-refractivity contribution in [2.45, 2.75) is 39.2 Å². The van der Waals surface area contributed by atoms with E-state index < -0.39 is 6.03 Å². The number of benzene rings is 2. The zero-order valence-electron chi connectivity index (χ0n) is 17.4. The Morgan fingerprint density at radius 2 is 1.70 bits per heavy atom. The zero-order chi connectivity index (χ0) is 21.5. The minimum Gasteiger partial charge on any atom is -0.371 e. The van der Waals surface area contributed by atoms with Crippen LogP contribution in [0.2, 0.25) is 0 Å². The van der Waals surface area contributed by atoms with Gasteiger partial charge in [-0.3, -0.25) is 4.79 Å². The van der Waals surface area contributed by atoms with Crippen LogP contribution in [0.15, 0.2) is 42.5 Å².